The minimum Gasteiger partial charge on any atom is -0.497 e. The number of carbonyl (C=O) groups is 1. The smallest absolute Gasteiger partial charge is 0.226 e. The summed E-state index contributed by atoms with van der Waals surface area (Å²) in [6, 6.07) is 7.74. The van der Waals surface area contributed by atoms with E-state index in [1.807, 2.05) is 29.2 Å². The summed E-state index contributed by atoms with van der Waals surface area (Å²) in [5.74, 6) is 1.76. The van der Waals surface area contributed by atoms with Gasteiger partial charge in [-0.25, -0.2) is 0 Å². The molecule has 0 spiro atoms. The number of likely N-dealkylation sites (tertiary alicyclic amines) is 1. The van der Waals surface area contributed by atoms with Gasteiger partial charge in [0.25, 0.3) is 0 Å². The van der Waals surface area contributed by atoms with E-state index in [0.29, 0.717) is 6.42 Å². The SMILES string of the molecule is COc1cccc(CC(=O)N2CCC(CBr)CC2)c1. The number of halogens is 1. The van der Waals surface area contributed by atoms with Crippen molar-refractivity contribution >= 4 is 21.8 Å². The Morgan fingerprint density at radius 2 is 2.16 bits per heavy atom. The van der Waals surface area contributed by atoms with E-state index in [1.54, 1.807) is 7.11 Å². The van der Waals surface area contributed by atoms with Crippen molar-refractivity contribution in [3.05, 3.63) is 29.8 Å². The van der Waals surface area contributed by atoms with Crippen LogP contribution in [0.25, 0.3) is 0 Å². The fourth-order valence-corrected chi connectivity index (χ4v) is 3.05. The molecular weight excluding hydrogens is 306 g/mol. The van der Waals surface area contributed by atoms with Gasteiger partial charge in [-0.05, 0) is 36.5 Å². The summed E-state index contributed by atoms with van der Waals surface area (Å²) < 4.78 is 5.18. The lowest BCUT2D eigenvalue weighted by Crippen LogP contribution is -2.39. The van der Waals surface area contributed by atoms with Gasteiger partial charge >= 0.3 is 0 Å². The van der Waals surface area contributed by atoms with Gasteiger partial charge in [-0.2, -0.15) is 0 Å². The summed E-state index contributed by atoms with van der Waals surface area (Å²) in [6.45, 7) is 1.78. The number of carbonyl (C=O) groups excluding carboxylic acids is 1. The Morgan fingerprint density at radius 3 is 2.79 bits per heavy atom. The Kier molecular flexibility index (Phi) is 5.25. The van der Waals surface area contributed by atoms with Crippen LogP contribution in [-0.2, 0) is 11.2 Å². The van der Waals surface area contributed by atoms with Crippen LogP contribution < -0.4 is 4.74 Å². The molecule has 1 aliphatic heterocycles. The second-order valence-corrected chi connectivity index (χ2v) is 5.65. The van der Waals surface area contributed by atoms with Gasteiger partial charge in [0.1, 0.15) is 5.75 Å². The molecule has 1 aromatic rings. The largest absolute Gasteiger partial charge is 0.497 e. The predicted octanol–water partition coefficient (Wildman–Crippen LogP) is 2.87. The highest BCUT2D eigenvalue weighted by atomic mass is 79.9. The zero-order valence-electron chi connectivity index (χ0n) is 11.3. The van der Waals surface area contributed by atoms with Gasteiger partial charge in [-0.15, -0.1) is 0 Å². The van der Waals surface area contributed by atoms with Crippen LogP contribution in [0.5, 0.6) is 5.75 Å². The molecule has 0 N–H and O–H groups in total. The molecule has 1 fully saturated rings. The first kappa shape index (κ1) is 14.4. The van der Waals surface area contributed by atoms with Gasteiger partial charge in [0.2, 0.25) is 5.91 Å². The van der Waals surface area contributed by atoms with E-state index in [-0.39, 0.29) is 5.91 Å². The molecule has 1 heterocycles. The lowest BCUT2D eigenvalue weighted by molar-refractivity contribution is -0.131. The number of methoxy groups -OCH3 is 1. The minimum atomic E-state index is 0.223. The molecule has 0 saturated carbocycles. The van der Waals surface area contributed by atoms with E-state index in [2.05, 4.69) is 15.9 Å². The van der Waals surface area contributed by atoms with Crippen molar-refractivity contribution in [1.29, 1.82) is 0 Å². The highest BCUT2D eigenvalue weighted by Crippen LogP contribution is 2.20. The number of amides is 1. The van der Waals surface area contributed by atoms with Crippen molar-refractivity contribution in [2.24, 2.45) is 5.92 Å². The lowest BCUT2D eigenvalue weighted by atomic mass is 9.98. The highest BCUT2D eigenvalue weighted by molar-refractivity contribution is 9.09. The molecule has 4 heteroatoms. The van der Waals surface area contributed by atoms with Crippen LogP contribution >= 0.6 is 15.9 Å². The molecule has 1 saturated heterocycles. The van der Waals surface area contributed by atoms with Gasteiger partial charge in [0.15, 0.2) is 0 Å². The lowest BCUT2D eigenvalue weighted by Gasteiger charge is -2.31. The van der Waals surface area contributed by atoms with Crippen LogP contribution in [0.1, 0.15) is 18.4 Å². The zero-order valence-corrected chi connectivity index (χ0v) is 12.9. The molecule has 0 unspecified atom stereocenters. The van der Waals surface area contributed by atoms with Crippen molar-refractivity contribution in [3.8, 4) is 5.75 Å². The van der Waals surface area contributed by atoms with E-state index in [1.165, 1.54) is 0 Å². The molecule has 0 radical (unpaired) electrons. The first-order valence-electron chi connectivity index (χ1n) is 6.69. The average molecular weight is 326 g/mol. The first-order valence-corrected chi connectivity index (χ1v) is 7.81. The van der Waals surface area contributed by atoms with Crippen LogP contribution in [0.2, 0.25) is 0 Å². The van der Waals surface area contributed by atoms with Crippen LogP contribution in [0.4, 0.5) is 0 Å². The summed E-state index contributed by atoms with van der Waals surface area (Å²) >= 11 is 3.52. The van der Waals surface area contributed by atoms with E-state index >= 15 is 0 Å². The molecule has 0 aliphatic carbocycles. The molecule has 0 atom stereocenters. The van der Waals surface area contributed by atoms with E-state index in [4.69, 9.17) is 4.74 Å². The standard InChI is InChI=1S/C15H20BrNO2/c1-19-14-4-2-3-13(9-14)10-15(18)17-7-5-12(11-16)6-8-17/h2-4,9,12H,5-8,10-11H2,1H3. The van der Waals surface area contributed by atoms with Crippen molar-refractivity contribution in [1.82, 2.24) is 4.90 Å². The van der Waals surface area contributed by atoms with Gasteiger partial charge in [0, 0.05) is 18.4 Å². The average Bonchev–Trinajstić information content (AvgIpc) is 2.47. The summed E-state index contributed by atoms with van der Waals surface area (Å²) in [5, 5.41) is 1.05. The summed E-state index contributed by atoms with van der Waals surface area (Å²) in [5.41, 5.74) is 1.02. The number of rotatable bonds is 4. The maximum absolute atomic E-state index is 12.2. The maximum Gasteiger partial charge on any atom is 0.226 e. The van der Waals surface area contributed by atoms with E-state index in [0.717, 1.165) is 48.5 Å². The molecule has 1 aliphatic rings. The van der Waals surface area contributed by atoms with Crippen molar-refractivity contribution < 1.29 is 9.53 Å². The molecular formula is C15H20BrNO2. The first-order chi connectivity index (χ1) is 9.22. The number of hydrogen-bond acceptors (Lipinski definition) is 2. The van der Waals surface area contributed by atoms with Gasteiger partial charge in [-0.1, -0.05) is 28.1 Å². The van der Waals surface area contributed by atoms with Crippen molar-refractivity contribution in [3.63, 3.8) is 0 Å². The van der Waals surface area contributed by atoms with Gasteiger partial charge in [-0.3, -0.25) is 4.79 Å². The molecule has 104 valence electrons. The Labute approximate surface area is 123 Å². The van der Waals surface area contributed by atoms with Crippen molar-refractivity contribution in [2.45, 2.75) is 19.3 Å². The second-order valence-electron chi connectivity index (χ2n) is 5.01. The quantitative estimate of drug-likeness (QED) is 0.797. The Hall–Kier alpha value is -1.03. The van der Waals surface area contributed by atoms with Crippen molar-refractivity contribution in [2.75, 3.05) is 25.5 Å². The third-order valence-electron chi connectivity index (χ3n) is 3.67. The Bertz CT molecular complexity index is 428. The number of nitrogens with zero attached hydrogens (tertiary/aromatic N) is 1. The maximum atomic E-state index is 12.2. The molecule has 2 rings (SSSR count). The number of piperidine rings is 1. The van der Waals surface area contributed by atoms with E-state index < -0.39 is 0 Å². The summed E-state index contributed by atoms with van der Waals surface area (Å²) in [4.78, 5) is 14.2. The molecule has 19 heavy (non-hydrogen) atoms. The number of ether oxygens (including phenoxy) is 1. The van der Waals surface area contributed by atoms with Crippen LogP contribution in [0.3, 0.4) is 0 Å². The minimum absolute atomic E-state index is 0.223. The highest BCUT2D eigenvalue weighted by Gasteiger charge is 2.22. The molecule has 0 aromatic heterocycles. The second kappa shape index (κ2) is 6.94. The number of hydrogen-bond donors (Lipinski definition) is 0. The predicted molar refractivity (Wildman–Crippen MR) is 79.8 cm³/mol. The fourth-order valence-electron chi connectivity index (χ4n) is 2.41. The normalized spacial score (nSPS) is 16.4. The third kappa shape index (κ3) is 3.96. The van der Waals surface area contributed by atoms with Gasteiger partial charge < -0.3 is 9.64 Å². The van der Waals surface area contributed by atoms with Gasteiger partial charge in [0.05, 0.1) is 13.5 Å². The van der Waals surface area contributed by atoms with Crippen LogP contribution in [0.15, 0.2) is 24.3 Å². The Morgan fingerprint density at radius 1 is 1.42 bits per heavy atom. The topological polar surface area (TPSA) is 29.5 Å². The number of alkyl halides is 1. The molecule has 1 amide bonds. The van der Waals surface area contributed by atoms with Crippen LogP contribution in [0, 0.1) is 5.92 Å². The van der Waals surface area contributed by atoms with Crippen LogP contribution in [-0.4, -0.2) is 36.3 Å². The Balaban J connectivity index is 1.90. The zero-order chi connectivity index (χ0) is 13.7. The monoisotopic (exact) mass is 325 g/mol. The number of benzene rings is 1. The van der Waals surface area contributed by atoms with E-state index in [9.17, 15) is 4.79 Å². The molecule has 0 bridgehead atoms. The molecule has 3 nitrogen and oxygen atoms in total. The fraction of sp³-hybridized carbons (Fsp3) is 0.533. The summed E-state index contributed by atoms with van der Waals surface area (Å²) in [6.07, 6.45) is 2.68. The molecule has 1 aromatic carbocycles. The third-order valence-corrected chi connectivity index (χ3v) is 4.59. The summed E-state index contributed by atoms with van der Waals surface area (Å²) in [7, 11) is 1.64.